The summed E-state index contributed by atoms with van der Waals surface area (Å²) < 4.78 is 0.991. The molecular weight excluding hydrogens is 338 g/mol. The third kappa shape index (κ3) is 3.62. The quantitative estimate of drug-likeness (QED) is 0.795. The van der Waals surface area contributed by atoms with Gasteiger partial charge in [0.25, 0.3) is 5.91 Å². The number of halogens is 2. The molecule has 0 bridgehead atoms. The van der Waals surface area contributed by atoms with E-state index in [4.69, 9.17) is 11.6 Å². The van der Waals surface area contributed by atoms with E-state index in [0.717, 1.165) is 15.6 Å². The van der Waals surface area contributed by atoms with Crippen LogP contribution >= 0.6 is 27.5 Å². The molecule has 0 spiro atoms. The molecule has 0 unspecified atom stereocenters. The molecule has 0 aliphatic heterocycles. The molecule has 2 nitrogen and oxygen atoms in total. The first-order valence-corrected chi connectivity index (χ1v) is 7.64. The largest absolute Gasteiger partial charge is 0.345 e. The Balaban J connectivity index is 2.09. The van der Waals surface area contributed by atoms with E-state index >= 15 is 0 Å². The molecular formula is C16H15BrClNO. The maximum absolute atomic E-state index is 12.2. The van der Waals surface area contributed by atoms with Crippen molar-refractivity contribution >= 4 is 33.4 Å². The standard InChI is InChI=1S/C16H15BrClNO/c1-11(14-4-2-3-5-15(14)17)19-16(20)13-8-6-12(10-18)7-9-13/h2-9,11H,10H2,1H3,(H,19,20)/t11-/m1/s1. The van der Waals surface area contributed by atoms with Gasteiger partial charge in [-0.1, -0.05) is 46.3 Å². The number of carbonyl (C=O) groups excluding carboxylic acids is 1. The van der Waals surface area contributed by atoms with Crippen LogP contribution in [-0.4, -0.2) is 5.91 Å². The van der Waals surface area contributed by atoms with Gasteiger partial charge >= 0.3 is 0 Å². The van der Waals surface area contributed by atoms with Crippen LogP contribution in [-0.2, 0) is 5.88 Å². The lowest BCUT2D eigenvalue weighted by Crippen LogP contribution is -2.26. The van der Waals surface area contributed by atoms with Crippen molar-refractivity contribution < 1.29 is 4.79 Å². The highest BCUT2D eigenvalue weighted by Crippen LogP contribution is 2.23. The predicted octanol–water partition coefficient (Wildman–Crippen LogP) is 4.68. The first kappa shape index (κ1) is 15.1. The van der Waals surface area contributed by atoms with E-state index in [9.17, 15) is 4.79 Å². The van der Waals surface area contributed by atoms with Gasteiger partial charge in [0.1, 0.15) is 0 Å². The average Bonchev–Trinajstić information content (AvgIpc) is 2.47. The number of alkyl halides is 1. The Morgan fingerprint density at radius 3 is 2.45 bits per heavy atom. The molecule has 2 aromatic rings. The summed E-state index contributed by atoms with van der Waals surface area (Å²) >= 11 is 9.23. The Labute approximate surface area is 132 Å². The maximum atomic E-state index is 12.2. The van der Waals surface area contributed by atoms with Crippen molar-refractivity contribution in [2.45, 2.75) is 18.8 Å². The summed E-state index contributed by atoms with van der Waals surface area (Å²) in [5.74, 6) is 0.365. The second-order valence-electron chi connectivity index (χ2n) is 4.55. The van der Waals surface area contributed by atoms with Crippen molar-refractivity contribution in [3.8, 4) is 0 Å². The molecule has 1 atom stereocenters. The topological polar surface area (TPSA) is 29.1 Å². The van der Waals surface area contributed by atoms with Gasteiger partial charge in [-0.2, -0.15) is 0 Å². The van der Waals surface area contributed by atoms with Crippen LogP contribution in [0.4, 0.5) is 0 Å². The molecule has 2 aromatic carbocycles. The molecule has 1 amide bonds. The fourth-order valence-corrected chi connectivity index (χ4v) is 2.74. The third-order valence-corrected chi connectivity index (χ3v) is 4.12. The fourth-order valence-electron chi connectivity index (χ4n) is 1.93. The van der Waals surface area contributed by atoms with Gasteiger partial charge in [-0.25, -0.2) is 0 Å². The van der Waals surface area contributed by atoms with Gasteiger partial charge in [0.2, 0.25) is 0 Å². The molecule has 0 saturated carbocycles. The Kier molecular flexibility index (Phi) is 5.21. The van der Waals surface area contributed by atoms with Gasteiger partial charge in [0, 0.05) is 15.9 Å². The minimum atomic E-state index is -0.0885. The number of nitrogens with one attached hydrogen (secondary N) is 1. The van der Waals surface area contributed by atoms with E-state index in [1.807, 2.05) is 43.3 Å². The first-order chi connectivity index (χ1) is 9.61. The molecule has 0 aliphatic carbocycles. The highest BCUT2D eigenvalue weighted by molar-refractivity contribution is 9.10. The van der Waals surface area contributed by atoms with Crippen LogP contribution in [0.2, 0.25) is 0 Å². The van der Waals surface area contributed by atoms with Crippen LogP contribution < -0.4 is 5.32 Å². The summed E-state index contributed by atoms with van der Waals surface area (Å²) in [6, 6.07) is 15.1. The van der Waals surface area contributed by atoms with Gasteiger partial charge in [-0.05, 0) is 36.2 Å². The van der Waals surface area contributed by atoms with E-state index in [1.165, 1.54) is 0 Å². The Hall–Kier alpha value is -1.32. The van der Waals surface area contributed by atoms with E-state index in [1.54, 1.807) is 12.1 Å². The lowest BCUT2D eigenvalue weighted by molar-refractivity contribution is 0.0940. The van der Waals surface area contributed by atoms with Crippen LogP contribution in [0.15, 0.2) is 53.0 Å². The zero-order valence-electron chi connectivity index (χ0n) is 11.1. The van der Waals surface area contributed by atoms with Crippen molar-refractivity contribution in [3.63, 3.8) is 0 Å². The average molecular weight is 353 g/mol. The second kappa shape index (κ2) is 6.91. The van der Waals surface area contributed by atoms with Crippen LogP contribution in [0.1, 0.15) is 34.5 Å². The molecule has 4 heteroatoms. The zero-order chi connectivity index (χ0) is 14.5. The number of rotatable bonds is 4. The minimum Gasteiger partial charge on any atom is -0.345 e. The van der Waals surface area contributed by atoms with Crippen LogP contribution in [0, 0.1) is 0 Å². The van der Waals surface area contributed by atoms with Crippen LogP contribution in [0.25, 0.3) is 0 Å². The molecule has 2 rings (SSSR count). The van der Waals surface area contributed by atoms with Gasteiger partial charge in [-0.3, -0.25) is 4.79 Å². The van der Waals surface area contributed by atoms with E-state index in [0.29, 0.717) is 11.4 Å². The summed E-state index contributed by atoms with van der Waals surface area (Å²) in [4.78, 5) is 12.2. The van der Waals surface area contributed by atoms with E-state index < -0.39 is 0 Å². The second-order valence-corrected chi connectivity index (χ2v) is 5.67. The Bertz CT molecular complexity index is 598. The predicted molar refractivity (Wildman–Crippen MR) is 86.0 cm³/mol. The number of hydrogen-bond donors (Lipinski definition) is 1. The molecule has 0 saturated heterocycles. The summed E-state index contributed by atoms with van der Waals surface area (Å²) in [7, 11) is 0. The van der Waals surface area contributed by atoms with Crippen molar-refractivity contribution in [2.24, 2.45) is 0 Å². The normalized spacial score (nSPS) is 11.9. The Morgan fingerprint density at radius 2 is 1.85 bits per heavy atom. The van der Waals surface area contributed by atoms with Crippen molar-refractivity contribution in [1.82, 2.24) is 5.32 Å². The summed E-state index contributed by atoms with van der Waals surface area (Å²) in [6.07, 6.45) is 0. The summed E-state index contributed by atoms with van der Waals surface area (Å²) in [6.45, 7) is 1.96. The molecule has 0 heterocycles. The SMILES string of the molecule is C[C@@H](NC(=O)c1ccc(CCl)cc1)c1ccccc1Br. The lowest BCUT2D eigenvalue weighted by Gasteiger charge is -2.16. The molecule has 0 radical (unpaired) electrons. The highest BCUT2D eigenvalue weighted by atomic mass is 79.9. The van der Waals surface area contributed by atoms with Crippen molar-refractivity contribution in [3.05, 3.63) is 69.7 Å². The van der Waals surface area contributed by atoms with E-state index in [2.05, 4.69) is 21.2 Å². The summed E-state index contributed by atoms with van der Waals surface area (Å²) in [5.41, 5.74) is 2.69. The smallest absolute Gasteiger partial charge is 0.251 e. The zero-order valence-corrected chi connectivity index (χ0v) is 13.4. The molecule has 20 heavy (non-hydrogen) atoms. The van der Waals surface area contributed by atoms with E-state index in [-0.39, 0.29) is 11.9 Å². The van der Waals surface area contributed by atoms with Gasteiger partial charge in [0.15, 0.2) is 0 Å². The lowest BCUT2D eigenvalue weighted by atomic mass is 10.1. The van der Waals surface area contributed by atoms with Gasteiger partial charge < -0.3 is 5.32 Å². The number of benzene rings is 2. The number of hydrogen-bond acceptors (Lipinski definition) is 1. The number of amides is 1. The summed E-state index contributed by atoms with van der Waals surface area (Å²) in [5, 5.41) is 2.99. The highest BCUT2D eigenvalue weighted by Gasteiger charge is 2.13. The molecule has 0 fully saturated rings. The van der Waals surface area contributed by atoms with Crippen LogP contribution in [0.3, 0.4) is 0 Å². The monoisotopic (exact) mass is 351 g/mol. The molecule has 0 aliphatic rings. The van der Waals surface area contributed by atoms with Gasteiger partial charge in [-0.15, -0.1) is 11.6 Å². The fraction of sp³-hybridized carbons (Fsp3) is 0.188. The van der Waals surface area contributed by atoms with Crippen LogP contribution in [0.5, 0.6) is 0 Å². The molecule has 1 N–H and O–H groups in total. The van der Waals surface area contributed by atoms with Gasteiger partial charge in [0.05, 0.1) is 6.04 Å². The Morgan fingerprint density at radius 1 is 1.20 bits per heavy atom. The minimum absolute atomic E-state index is 0.0641. The molecule has 0 aromatic heterocycles. The maximum Gasteiger partial charge on any atom is 0.251 e. The van der Waals surface area contributed by atoms with Crippen molar-refractivity contribution in [2.75, 3.05) is 0 Å². The number of carbonyl (C=O) groups is 1. The third-order valence-electron chi connectivity index (χ3n) is 3.09. The van der Waals surface area contributed by atoms with Crippen molar-refractivity contribution in [1.29, 1.82) is 0 Å². The molecule has 104 valence electrons. The first-order valence-electron chi connectivity index (χ1n) is 6.32.